The predicted molar refractivity (Wildman–Crippen MR) is 83.0 cm³/mol. The van der Waals surface area contributed by atoms with Crippen molar-refractivity contribution in [3.8, 4) is 5.75 Å². The number of carbonyl (C=O) groups excluding carboxylic acids is 1. The molecule has 20 heavy (non-hydrogen) atoms. The first-order valence-electron chi connectivity index (χ1n) is 6.11. The molecular weight excluding hydrogens is 320 g/mol. The van der Waals surface area contributed by atoms with E-state index in [1.54, 1.807) is 7.11 Å². The molecule has 0 saturated carbocycles. The Bertz CT molecular complexity index is 585. The van der Waals surface area contributed by atoms with Gasteiger partial charge in [-0.05, 0) is 42.0 Å². The Morgan fingerprint density at radius 2 is 1.95 bits per heavy atom. The first kappa shape index (κ1) is 14.4. The molecular formula is C15H15BrN2O2. The summed E-state index contributed by atoms with van der Waals surface area (Å²) in [4.78, 5) is 11.8. The second-order valence-corrected chi connectivity index (χ2v) is 5.08. The maximum absolute atomic E-state index is 11.8. The molecule has 104 valence electrons. The second kappa shape index (κ2) is 6.96. The van der Waals surface area contributed by atoms with Gasteiger partial charge in [0.25, 0.3) is 0 Å². The highest BCUT2D eigenvalue weighted by molar-refractivity contribution is 9.10. The Balaban J connectivity index is 1.87. The van der Waals surface area contributed by atoms with Crippen LogP contribution in [-0.2, 0) is 6.54 Å². The van der Waals surface area contributed by atoms with Crippen LogP contribution in [0.5, 0.6) is 5.75 Å². The summed E-state index contributed by atoms with van der Waals surface area (Å²) in [6, 6.07) is 14.7. The van der Waals surface area contributed by atoms with Crippen LogP contribution in [-0.4, -0.2) is 13.1 Å². The topological polar surface area (TPSA) is 50.4 Å². The first-order valence-corrected chi connectivity index (χ1v) is 6.90. The van der Waals surface area contributed by atoms with Gasteiger partial charge in [0.15, 0.2) is 0 Å². The van der Waals surface area contributed by atoms with Crippen molar-refractivity contribution in [3.05, 3.63) is 58.6 Å². The molecule has 0 aromatic heterocycles. The summed E-state index contributed by atoms with van der Waals surface area (Å²) >= 11 is 3.35. The zero-order chi connectivity index (χ0) is 14.4. The Hall–Kier alpha value is -2.01. The number of benzene rings is 2. The summed E-state index contributed by atoms with van der Waals surface area (Å²) in [6.07, 6.45) is 0. The third-order valence-corrected chi connectivity index (χ3v) is 3.22. The summed E-state index contributed by atoms with van der Waals surface area (Å²) in [6.45, 7) is 0.444. The summed E-state index contributed by atoms with van der Waals surface area (Å²) in [5.74, 6) is 0.776. The number of halogens is 1. The Labute approximate surface area is 126 Å². The Kier molecular flexibility index (Phi) is 5.01. The standard InChI is InChI=1S/C15H15BrN2O2/c1-20-14-4-2-3-11(9-14)10-17-15(19)18-13-7-5-12(16)6-8-13/h2-9H,10H2,1H3,(H2,17,18,19). The van der Waals surface area contributed by atoms with Gasteiger partial charge in [-0.3, -0.25) is 0 Å². The highest BCUT2D eigenvalue weighted by Crippen LogP contribution is 2.14. The van der Waals surface area contributed by atoms with Crippen molar-refractivity contribution in [2.75, 3.05) is 12.4 Å². The molecule has 0 aliphatic rings. The van der Waals surface area contributed by atoms with Crippen molar-refractivity contribution in [1.82, 2.24) is 5.32 Å². The lowest BCUT2D eigenvalue weighted by Crippen LogP contribution is -2.28. The average molecular weight is 335 g/mol. The molecule has 2 aromatic rings. The normalized spacial score (nSPS) is 9.90. The molecule has 0 spiro atoms. The van der Waals surface area contributed by atoms with Crippen LogP contribution in [0.3, 0.4) is 0 Å². The Morgan fingerprint density at radius 1 is 1.20 bits per heavy atom. The third-order valence-electron chi connectivity index (χ3n) is 2.69. The van der Waals surface area contributed by atoms with Crippen molar-refractivity contribution >= 4 is 27.6 Å². The molecule has 5 heteroatoms. The molecule has 2 amide bonds. The van der Waals surface area contributed by atoms with E-state index in [-0.39, 0.29) is 6.03 Å². The van der Waals surface area contributed by atoms with Gasteiger partial charge >= 0.3 is 6.03 Å². The molecule has 0 heterocycles. The van der Waals surface area contributed by atoms with Gasteiger partial charge in [0.05, 0.1) is 7.11 Å². The van der Waals surface area contributed by atoms with E-state index < -0.39 is 0 Å². The van der Waals surface area contributed by atoms with Crippen molar-refractivity contribution in [1.29, 1.82) is 0 Å². The van der Waals surface area contributed by atoms with E-state index in [0.717, 1.165) is 21.5 Å². The average Bonchev–Trinajstić information content (AvgIpc) is 2.48. The van der Waals surface area contributed by atoms with Crippen LogP contribution in [0.1, 0.15) is 5.56 Å². The maximum atomic E-state index is 11.8. The predicted octanol–water partition coefficient (Wildman–Crippen LogP) is 3.78. The van der Waals surface area contributed by atoms with E-state index in [1.165, 1.54) is 0 Å². The lowest BCUT2D eigenvalue weighted by Gasteiger charge is -2.08. The van der Waals surface area contributed by atoms with E-state index in [9.17, 15) is 4.79 Å². The monoisotopic (exact) mass is 334 g/mol. The lowest BCUT2D eigenvalue weighted by molar-refractivity contribution is 0.251. The third kappa shape index (κ3) is 4.28. The molecule has 4 nitrogen and oxygen atoms in total. The summed E-state index contributed by atoms with van der Waals surface area (Å²) in [5, 5.41) is 5.56. The van der Waals surface area contributed by atoms with Gasteiger partial charge in [0.1, 0.15) is 5.75 Å². The van der Waals surface area contributed by atoms with E-state index in [4.69, 9.17) is 4.74 Å². The molecule has 0 bridgehead atoms. The lowest BCUT2D eigenvalue weighted by atomic mass is 10.2. The number of hydrogen-bond acceptors (Lipinski definition) is 2. The molecule has 0 radical (unpaired) electrons. The number of hydrogen-bond donors (Lipinski definition) is 2. The number of carbonyl (C=O) groups is 1. The first-order chi connectivity index (χ1) is 9.67. The van der Waals surface area contributed by atoms with E-state index >= 15 is 0 Å². The molecule has 0 fully saturated rings. The molecule has 0 aliphatic carbocycles. The van der Waals surface area contributed by atoms with Crippen LogP contribution in [0.4, 0.5) is 10.5 Å². The highest BCUT2D eigenvalue weighted by atomic mass is 79.9. The Morgan fingerprint density at radius 3 is 2.65 bits per heavy atom. The minimum absolute atomic E-state index is 0.241. The smallest absolute Gasteiger partial charge is 0.319 e. The number of urea groups is 1. The van der Waals surface area contributed by atoms with Crippen molar-refractivity contribution in [3.63, 3.8) is 0 Å². The molecule has 0 aliphatic heterocycles. The summed E-state index contributed by atoms with van der Waals surface area (Å²) < 4.78 is 6.11. The largest absolute Gasteiger partial charge is 0.497 e. The summed E-state index contributed by atoms with van der Waals surface area (Å²) in [5.41, 5.74) is 1.73. The van der Waals surface area contributed by atoms with Crippen LogP contribution >= 0.6 is 15.9 Å². The number of amides is 2. The fourth-order valence-corrected chi connectivity index (χ4v) is 1.94. The highest BCUT2D eigenvalue weighted by Gasteiger charge is 2.02. The van der Waals surface area contributed by atoms with Crippen LogP contribution in [0.15, 0.2) is 53.0 Å². The molecule has 0 atom stereocenters. The van der Waals surface area contributed by atoms with Gasteiger partial charge in [-0.2, -0.15) is 0 Å². The fraction of sp³-hybridized carbons (Fsp3) is 0.133. The number of anilines is 1. The van der Waals surface area contributed by atoms with Crippen LogP contribution in [0.25, 0.3) is 0 Å². The van der Waals surface area contributed by atoms with Crippen LogP contribution in [0.2, 0.25) is 0 Å². The van der Waals surface area contributed by atoms with E-state index in [1.807, 2.05) is 48.5 Å². The van der Waals surface area contributed by atoms with Gasteiger partial charge in [0.2, 0.25) is 0 Å². The van der Waals surface area contributed by atoms with Crippen LogP contribution in [0, 0.1) is 0 Å². The van der Waals surface area contributed by atoms with Crippen molar-refractivity contribution in [2.45, 2.75) is 6.54 Å². The number of rotatable bonds is 4. The van der Waals surface area contributed by atoms with Crippen LogP contribution < -0.4 is 15.4 Å². The quantitative estimate of drug-likeness (QED) is 0.893. The number of ether oxygens (including phenoxy) is 1. The zero-order valence-electron chi connectivity index (χ0n) is 11.0. The molecule has 0 saturated heterocycles. The number of nitrogens with one attached hydrogen (secondary N) is 2. The van der Waals surface area contributed by atoms with Gasteiger partial charge in [-0.15, -0.1) is 0 Å². The number of methoxy groups -OCH3 is 1. The molecule has 2 aromatic carbocycles. The zero-order valence-corrected chi connectivity index (χ0v) is 12.6. The van der Waals surface area contributed by atoms with Gasteiger partial charge < -0.3 is 15.4 Å². The minimum atomic E-state index is -0.241. The van der Waals surface area contributed by atoms with E-state index in [2.05, 4.69) is 26.6 Å². The fourth-order valence-electron chi connectivity index (χ4n) is 1.67. The summed E-state index contributed by atoms with van der Waals surface area (Å²) in [7, 11) is 1.62. The molecule has 0 unspecified atom stereocenters. The van der Waals surface area contributed by atoms with E-state index in [0.29, 0.717) is 6.54 Å². The SMILES string of the molecule is COc1cccc(CNC(=O)Nc2ccc(Br)cc2)c1. The molecule has 2 rings (SSSR count). The minimum Gasteiger partial charge on any atom is -0.497 e. The van der Waals surface area contributed by atoms with Gasteiger partial charge in [0, 0.05) is 16.7 Å². The van der Waals surface area contributed by atoms with Crippen molar-refractivity contribution in [2.24, 2.45) is 0 Å². The van der Waals surface area contributed by atoms with Crippen molar-refractivity contribution < 1.29 is 9.53 Å². The second-order valence-electron chi connectivity index (χ2n) is 4.17. The maximum Gasteiger partial charge on any atom is 0.319 e. The molecule has 2 N–H and O–H groups in total. The van der Waals surface area contributed by atoms with Gasteiger partial charge in [-0.25, -0.2) is 4.79 Å². The van der Waals surface area contributed by atoms with Gasteiger partial charge in [-0.1, -0.05) is 28.1 Å².